The molecule has 0 bridgehead atoms. The van der Waals surface area contributed by atoms with Gasteiger partial charge >= 0.3 is 5.69 Å². The van der Waals surface area contributed by atoms with Gasteiger partial charge in [-0.3, -0.25) is 10.1 Å². The number of nitrogens with zero attached hydrogens (tertiary/aromatic N) is 5. The molecule has 10 nitrogen and oxygen atoms in total. The molecule has 0 saturated carbocycles. The Kier molecular flexibility index (Phi) is 4.70. The number of aromatic nitrogens is 2. The summed E-state index contributed by atoms with van der Waals surface area (Å²) >= 11 is 0. The van der Waals surface area contributed by atoms with Crippen molar-refractivity contribution in [3.63, 3.8) is 0 Å². The van der Waals surface area contributed by atoms with Crippen LogP contribution in [0.15, 0.2) is 35.0 Å². The zero-order valence-corrected chi connectivity index (χ0v) is 15.6. The third kappa shape index (κ3) is 3.29. The van der Waals surface area contributed by atoms with Crippen molar-refractivity contribution in [2.45, 2.75) is 0 Å². The van der Waals surface area contributed by atoms with Crippen LogP contribution in [-0.4, -0.2) is 55.6 Å². The number of hydrogen-bond donors (Lipinski definition) is 1. The van der Waals surface area contributed by atoms with Crippen molar-refractivity contribution >= 4 is 39.5 Å². The SMILES string of the molecule is CN(C)c1ccc(Nc2cc(N3CCOCC3)c([N+](=O)[O-])c3nonc23)cc1. The highest BCUT2D eigenvalue weighted by atomic mass is 16.6. The molecule has 0 atom stereocenters. The van der Waals surface area contributed by atoms with Crippen molar-refractivity contribution in [1.82, 2.24) is 10.3 Å². The number of nitro benzene ring substituents is 1. The highest BCUT2D eigenvalue weighted by Crippen LogP contribution is 2.40. The lowest BCUT2D eigenvalue weighted by Crippen LogP contribution is -2.36. The van der Waals surface area contributed by atoms with Crippen molar-refractivity contribution in [2.75, 3.05) is 55.5 Å². The van der Waals surface area contributed by atoms with Crippen molar-refractivity contribution in [3.05, 3.63) is 40.4 Å². The molecular weight excluding hydrogens is 364 g/mol. The zero-order chi connectivity index (χ0) is 19.7. The molecule has 1 N–H and O–H groups in total. The molecule has 4 rings (SSSR count). The quantitative estimate of drug-likeness (QED) is 0.524. The highest BCUT2D eigenvalue weighted by Gasteiger charge is 2.29. The summed E-state index contributed by atoms with van der Waals surface area (Å²) < 4.78 is 10.2. The molecular formula is C18H20N6O4. The Balaban J connectivity index is 1.78. The largest absolute Gasteiger partial charge is 0.378 e. The third-order valence-corrected chi connectivity index (χ3v) is 4.69. The monoisotopic (exact) mass is 384 g/mol. The minimum Gasteiger partial charge on any atom is -0.378 e. The highest BCUT2D eigenvalue weighted by molar-refractivity contribution is 6.00. The number of morpholine rings is 1. The molecule has 0 radical (unpaired) electrons. The molecule has 1 aliphatic heterocycles. The number of anilines is 4. The molecule has 0 aliphatic carbocycles. The fourth-order valence-corrected chi connectivity index (χ4v) is 3.23. The van der Waals surface area contributed by atoms with Crippen molar-refractivity contribution in [1.29, 1.82) is 0 Å². The molecule has 146 valence electrons. The van der Waals surface area contributed by atoms with E-state index in [4.69, 9.17) is 9.37 Å². The van der Waals surface area contributed by atoms with E-state index in [1.807, 2.05) is 48.2 Å². The van der Waals surface area contributed by atoms with Gasteiger partial charge in [-0.25, -0.2) is 4.63 Å². The van der Waals surface area contributed by atoms with Crippen LogP contribution in [0.3, 0.4) is 0 Å². The van der Waals surface area contributed by atoms with Gasteiger partial charge in [0.2, 0.25) is 5.52 Å². The fourth-order valence-electron chi connectivity index (χ4n) is 3.23. The van der Waals surface area contributed by atoms with E-state index in [0.717, 1.165) is 11.4 Å². The van der Waals surface area contributed by atoms with Crippen molar-refractivity contribution in [2.24, 2.45) is 0 Å². The molecule has 1 aliphatic rings. The summed E-state index contributed by atoms with van der Waals surface area (Å²) in [7, 11) is 3.94. The maximum Gasteiger partial charge on any atom is 0.323 e. The summed E-state index contributed by atoms with van der Waals surface area (Å²) in [5.74, 6) is 0. The Morgan fingerprint density at radius 3 is 2.46 bits per heavy atom. The van der Waals surface area contributed by atoms with Gasteiger partial charge < -0.3 is 19.9 Å². The van der Waals surface area contributed by atoms with E-state index in [2.05, 4.69) is 15.6 Å². The van der Waals surface area contributed by atoms with Crippen molar-refractivity contribution < 1.29 is 14.3 Å². The topological polar surface area (TPSA) is 110 Å². The Labute approximate surface area is 160 Å². The molecule has 2 heterocycles. The van der Waals surface area contributed by atoms with Crippen molar-refractivity contribution in [3.8, 4) is 0 Å². The lowest BCUT2D eigenvalue weighted by Gasteiger charge is -2.28. The summed E-state index contributed by atoms with van der Waals surface area (Å²) in [6.07, 6.45) is 0. The Bertz CT molecular complexity index is 995. The number of hydrogen-bond acceptors (Lipinski definition) is 9. The second-order valence-electron chi connectivity index (χ2n) is 6.68. The summed E-state index contributed by atoms with van der Waals surface area (Å²) in [6, 6.07) is 9.56. The first-order chi connectivity index (χ1) is 13.5. The molecule has 10 heteroatoms. The molecule has 2 aromatic carbocycles. The van der Waals surface area contributed by atoms with Crippen LogP contribution in [0.25, 0.3) is 11.0 Å². The summed E-state index contributed by atoms with van der Waals surface area (Å²) in [6.45, 7) is 2.16. The number of nitro groups is 1. The molecule has 1 fully saturated rings. The second-order valence-corrected chi connectivity index (χ2v) is 6.68. The van der Waals surface area contributed by atoms with Crippen LogP contribution in [0.2, 0.25) is 0 Å². The predicted molar refractivity (Wildman–Crippen MR) is 106 cm³/mol. The van der Waals surface area contributed by atoms with E-state index < -0.39 is 4.92 Å². The minimum atomic E-state index is -0.438. The Morgan fingerprint density at radius 1 is 1.14 bits per heavy atom. The van der Waals surface area contributed by atoms with Gasteiger partial charge in [0, 0.05) is 38.6 Å². The molecule has 0 unspecified atom stereocenters. The lowest BCUT2D eigenvalue weighted by molar-refractivity contribution is -0.382. The van der Waals surface area contributed by atoms with E-state index >= 15 is 0 Å². The molecule has 28 heavy (non-hydrogen) atoms. The number of nitrogens with one attached hydrogen (secondary N) is 1. The second kappa shape index (κ2) is 7.31. The standard InChI is InChI=1S/C18H20N6O4/c1-22(2)13-5-3-12(4-6-13)19-14-11-15(23-7-9-27-10-8-23)18(24(25)26)17-16(14)20-28-21-17/h3-6,11,19H,7-10H2,1-2H3. The average Bonchev–Trinajstić information content (AvgIpc) is 3.18. The van der Waals surface area contributed by atoms with Gasteiger partial charge in [0.25, 0.3) is 0 Å². The fraction of sp³-hybridized carbons (Fsp3) is 0.333. The number of ether oxygens (including phenoxy) is 1. The lowest BCUT2D eigenvalue weighted by atomic mass is 10.1. The molecule has 3 aromatic rings. The van der Waals surface area contributed by atoms with Gasteiger partial charge in [-0.2, -0.15) is 0 Å². The van der Waals surface area contributed by atoms with Gasteiger partial charge in [-0.1, -0.05) is 0 Å². The maximum atomic E-state index is 11.8. The van der Waals surface area contributed by atoms with E-state index in [1.165, 1.54) is 0 Å². The first-order valence-corrected chi connectivity index (χ1v) is 8.85. The van der Waals surface area contributed by atoms with Gasteiger partial charge in [-0.05, 0) is 40.6 Å². The van der Waals surface area contributed by atoms with E-state index in [9.17, 15) is 10.1 Å². The van der Waals surface area contributed by atoms with E-state index in [0.29, 0.717) is 43.2 Å². The van der Waals surface area contributed by atoms with Crippen LogP contribution in [0, 0.1) is 10.1 Å². The number of rotatable bonds is 5. The summed E-state index contributed by atoms with van der Waals surface area (Å²) in [5, 5.41) is 22.7. The van der Waals surface area contributed by atoms with Crippen LogP contribution in [0.1, 0.15) is 0 Å². The molecule has 1 aromatic heterocycles. The summed E-state index contributed by atoms with van der Waals surface area (Å²) in [4.78, 5) is 15.3. The third-order valence-electron chi connectivity index (χ3n) is 4.69. The first kappa shape index (κ1) is 18.0. The minimum absolute atomic E-state index is 0.105. The van der Waals surface area contributed by atoms with Crippen LogP contribution in [0.5, 0.6) is 0 Å². The van der Waals surface area contributed by atoms with Crippen LogP contribution >= 0.6 is 0 Å². The summed E-state index contributed by atoms with van der Waals surface area (Å²) in [5.41, 5.74) is 3.31. The predicted octanol–water partition coefficient (Wildman–Crippen LogP) is 2.78. The van der Waals surface area contributed by atoms with Crippen LogP contribution < -0.4 is 15.1 Å². The normalized spacial score (nSPS) is 14.3. The molecule has 0 amide bonds. The maximum absolute atomic E-state index is 11.8. The Hall–Kier alpha value is -3.40. The van der Waals surface area contributed by atoms with Gasteiger partial charge in [0.1, 0.15) is 5.69 Å². The van der Waals surface area contributed by atoms with Crippen LogP contribution in [-0.2, 0) is 4.74 Å². The first-order valence-electron chi connectivity index (χ1n) is 8.85. The smallest absolute Gasteiger partial charge is 0.323 e. The van der Waals surface area contributed by atoms with Gasteiger partial charge in [-0.15, -0.1) is 0 Å². The number of fused-ring (bicyclic) bond motifs is 1. The van der Waals surface area contributed by atoms with Gasteiger partial charge in [0.15, 0.2) is 5.52 Å². The number of benzene rings is 2. The molecule has 0 spiro atoms. The molecule has 1 saturated heterocycles. The average molecular weight is 384 g/mol. The van der Waals surface area contributed by atoms with Crippen LogP contribution in [0.4, 0.5) is 28.4 Å². The zero-order valence-electron chi connectivity index (χ0n) is 15.6. The van der Waals surface area contributed by atoms with E-state index in [1.54, 1.807) is 6.07 Å². The van der Waals surface area contributed by atoms with Gasteiger partial charge in [0.05, 0.1) is 23.8 Å². The Morgan fingerprint density at radius 2 is 1.82 bits per heavy atom. The van der Waals surface area contributed by atoms with E-state index in [-0.39, 0.29) is 11.2 Å².